The second-order valence-corrected chi connectivity index (χ2v) is 7.57. The summed E-state index contributed by atoms with van der Waals surface area (Å²) < 4.78 is 14.7. The third kappa shape index (κ3) is 5.81. The van der Waals surface area contributed by atoms with E-state index in [0.29, 0.717) is 12.6 Å². The third-order valence-electron chi connectivity index (χ3n) is 5.05. The van der Waals surface area contributed by atoms with Gasteiger partial charge in [-0.15, -0.1) is 0 Å². The molecule has 0 bridgehead atoms. The number of nitrogens with zero attached hydrogens (tertiary/aromatic N) is 1. The van der Waals surface area contributed by atoms with Gasteiger partial charge in [-0.2, -0.15) is 0 Å². The van der Waals surface area contributed by atoms with E-state index in [0.717, 1.165) is 36.2 Å². The Labute approximate surface area is 162 Å². The first-order valence-corrected chi connectivity index (χ1v) is 9.58. The monoisotopic (exact) mass is 370 g/mol. The molecule has 1 saturated heterocycles. The number of carbonyl (C=O) groups excluding carboxylic acids is 1. The lowest BCUT2D eigenvalue weighted by atomic mass is 9.85. The Kier molecular flexibility index (Phi) is 7.40. The lowest BCUT2D eigenvalue weighted by Crippen LogP contribution is -2.39. The van der Waals surface area contributed by atoms with E-state index >= 15 is 0 Å². The molecule has 0 saturated carbocycles. The first kappa shape index (κ1) is 20.9. The molecule has 2 rings (SSSR count). The molecule has 3 nitrogen and oxygen atoms in total. The molecule has 1 aromatic rings. The van der Waals surface area contributed by atoms with Crippen LogP contribution in [0.1, 0.15) is 57.6 Å². The van der Waals surface area contributed by atoms with Crippen LogP contribution in [0.15, 0.2) is 54.3 Å². The predicted molar refractivity (Wildman–Crippen MR) is 110 cm³/mol. The lowest BCUT2D eigenvalue weighted by molar-refractivity contribution is -0.119. The van der Waals surface area contributed by atoms with Gasteiger partial charge in [-0.1, -0.05) is 30.4 Å². The Hall–Kier alpha value is -2.36. The van der Waals surface area contributed by atoms with Crippen molar-refractivity contribution in [3.63, 3.8) is 0 Å². The van der Waals surface area contributed by atoms with Gasteiger partial charge in [0.2, 0.25) is 5.91 Å². The average Bonchev–Trinajstić information content (AvgIpc) is 2.61. The van der Waals surface area contributed by atoms with Crippen molar-refractivity contribution in [1.29, 1.82) is 0 Å². The molecule has 1 amide bonds. The molecular formula is C23H31FN2O. The molecule has 1 aliphatic heterocycles. The summed E-state index contributed by atoms with van der Waals surface area (Å²) in [6.45, 7) is 13.0. The molecule has 4 heteroatoms. The minimum atomic E-state index is -0.174. The van der Waals surface area contributed by atoms with Gasteiger partial charge in [0.05, 0.1) is 0 Å². The number of hydrogen-bond acceptors (Lipinski definition) is 2. The molecule has 0 spiro atoms. The van der Waals surface area contributed by atoms with Crippen molar-refractivity contribution >= 4 is 5.91 Å². The molecule has 27 heavy (non-hydrogen) atoms. The zero-order chi connectivity index (χ0) is 20.0. The molecule has 146 valence electrons. The fourth-order valence-corrected chi connectivity index (χ4v) is 3.61. The Morgan fingerprint density at radius 2 is 2.07 bits per heavy atom. The van der Waals surface area contributed by atoms with Crippen molar-refractivity contribution in [3.8, 4) is 0 Å². The summed E-state index contributed by atoms with van der Waals surface area (Å²) in [5, 5.41) is 2.71. The summed E-state index contributed by atoms with van der Waals surface area (Å²) in [6, 6.07) is 5.66. The predicted octanol–water partition coefficient (Wildman–Crippen LogP) is 5.07. The highest BCUT2D eigenvalue weighted by molar-refractivity contribution is 5.72. The van der Waals surface area contributed by atoms with Gasteiger partial charge in [0.15, 0.2) is 0 Å². The molecular weight excluding hydrogens is 339 g/mol. The fourth-order valence-electron chi connectivity index (χ4n) is 3.61. The number of piperidine rings is 1. The van der Waals surface area contributed by atoms with Gasteiger partial charge in [0.1, 0.15) is 5.82 Å². The number of benzene rings is 1. The molecule has 0 radical (unpaired) electrons. The van der Waals surface area contributed by atoms with Crippen molar-refractivity contribution in [3.05, 3.63) is 71.2 Å². The SMILES string of the molecule is C=C/C(=C\C=C(C)C)N1CCC(c2ccc(CNC(C)=O)cc2F)C[C@@H]1C. The molecule has 1 aromatic carbocycles. The molecule has 1 unspecified atom stereocenters. The van der Waals surface area contributed by atoms with Crippen molar-refractivity contribution in [1.82, 2.24) is 10.2 Å². The summed E-state index contributed by atoms with van der Waals surface area (Å²) in [5.74, 6) is -0.0759. The number of hydrogen-bond donors (Lipinski definition) is 1. The van der Waals surface area contributed by atoms with Crippen molar-refractivity contribution in [2.75, 3.05) is 6.54 Å². The van der Waals surface area contributed by atoms with E-state index in [1.165, 1.54) is 12.5 Å². The maximum atomic E-state index is 14.7. The van der Waals surface area contributed by atoms with Gasteiger partial charge in [0.25, 0.3) is 0 Å². The van der Waals surface area contributed by atoms with Gasteiger partial charge in [-0.25, -0.2) is 4.39 Å². The Morgan fingerprint density at radius 1 is 1.33 bits per heavy atom. The van der Waals surface area contributed by atoms with Crippen LogP contribution in [-0.2, 0) is 11.3 Å². The summed E-state index contributed by atoms with van der Waals surface area (Å²) >= 11 is 0. The lowest BCUT2D eigenvalue weighted by Gasteiger charge is -2.40. The number of nitrogens with one attached hydrogen (secondary N) is 1. The molecule has 0 aromatic heterocycles. The van der Waals surface area contributed by atoms with E-state index in [4.69, 9.17) is 0 Å². The van der Waals surface area contributed by atoms with E-state index in [1.54, 1.807) is 6.07 Å². The zero-order valence-electron chi connectivity index (χ0n) is 16.9. The number of halogens is 1. The van der Waals surface area contributed by atoms with Crippen LogP contribution in [0.3, 0.4) is 0 Å². The summed E-state index contributed by atoms with van der Waals surface area (Å²) in [4.78, 5) is 13.4. The van der Waals surface area contributed by atoms with E-state index in [2.05, 4.69) is 49.7 Å². The Bertz CT molecular complexity index is 747. The second kappa shape index (κ2) is 9.54. The largest absolute Gasteiger partial charge is 0.369 e. The van der Waals surface area contributed by atoms with E-state index in [-0.39, 0.29) is 17.6 Å². The van der Waals surface area contributed by atoms with Crippen LogP contribution >= 0.6 is 0 Å². The topological polar surface area (TPSA) is 32.3 Å². The minimum Gasteiger partial charge on any atom is -0.369 e. The molecule has 2 atom stereocenters. The summed E-state index contributed by atoms with van der Waals surface area (Å²) in [5.41, 5.74) is 3.93. The molecule has 1 aliphatic rings. The van der Waals surface area contributed by atoms with Crippen LogP contribution < -0.4 is 5.32 Å². The average molecular weight is 371 g/mol. The van der Waals surface area contributed by atoms with Crippen molar-refractivity contribution < 1.29 is 9.18 Å². The smallest absolute Gasteiger partial charge is 0.217 e. The van der Waals surface area contributed by atoms with E-state index in [1.807, 2.05) is 18.2 Å². The Morgan fingerprint density at radius 3 is 2.63 bits per heavy atom. The fraction of sp³-hybridized carbons (Fsp3) is 0.435. The highest BCUT2D eigenvalue weighted by atomic mass is 19.1. The third-order valence-corrected chi connectivity index (χ3v) is 5.05. The quantitative estimate of drug-likeness (QED) is 0.710. The molecule has 1 heterocycles. The van der Waals surface area contributed by atoms with Gasteiger partial charge in [0, 0.05) is 31.8 Å². The van der Waals surface area contributed by atoms with Crippen LogP contribution in [0.5, 0.6) is 0 Å². The molecule has 1 N–H and O–H groups in total. The first-order chi connectivity index (χ1) is 12.8. The molecule has 1 fully saturated rings. The number of allylic oxidation sites excluding steroid dienone is 4. The zero-order valence-corrected chi connectivity index (χ0v) is 16.9. The van der Waals surface area contributed by atoms with Crippen LogP contribution in [0.4, 0.5) is 4.39 Å². The maximum absolute atomic E-state index is 14.7. The molecule has 0 aliphatic carbocycles. The normalized spacial score (nSPS) is 20.2. The standard InChI is InChI=1S/C23H31FN2O/c1-6-21(9-7-16(2)3)26-12-11-20(13-17(26)4)22-10-8-19(14-23(22)24)15-25-18(5)27/h6-10,14,17,20H,1,11-13,15H2,2-5H3,(H,25,27)/b21-9+/t17-,20?/m0/s1. The highest BCUT2D eigenvalue weighted by Gasteiger charge is 2.28. The van der Waals surface area contributed by atoms with Gasteiger partial charge >= 0.3 is 0 Å². The van der Waals surface area contributed by atoms with Crippen LogP contribution in [0.2, 0.25) is 0 Å². The van der Waals surface area contributed by atoms with Crippen LogP contribution in [0.25, 0.3) is 0 Å². The number of rotatable bonds is 6. The number of carbonyl (C=O) groups is 1. The summed E-state index contributed by atoms with van der Waals surface area (Å²) in [6.07, 6.45) is 7.92. The second-order valence-electron chi connectivity index (χ2n) is 7.57. The Balaban J connectivity index is 2.09. The van der Waals surface area contributed by atoms with Crippen LogP contribution in [-0.4, -0.2) is 23.4 Å². The van der Waals surface area contributed by atoms with Crippen molar-refractivity contribution in [2.45, 2.75) is 59.0 Å². The minimum absolute atomic E-state index is 0.111. The number of likely N-dealkylation sites (tertiary alicyclic amines) is 1. The maximum Gasteiger partial charge on any atom is 0.217 e. The van der Waals surface area contributed by atoms with E-state index in [9.17, 15) is 9.18 Å². The first-order valence-electron chi connectivity index (χ1n) is 9.58. The number of amides is 1. The van der Waals surface area contributed by atoms with Crippen LogP contribution in [0, 0.1) is 5.82 Å². The van der Waals surface area contributed by atoms with Gasteiger partial charge in [-0.05, 0) is 68.9 Å². The van der Waals surface area contributed by atoms with Crippen molar-refractivity contribution in [2.24, 2.45) is 0 Å². The summed E-state index contributed by atoms with van der Waals surface area (Å²) in [7, 11) is 0. The highest BCUT2D eigenvalue weighted by Crippen LogP contribution is 2.35. The van der Waals surface area contributed by atoms with E-state index < -0.39 is 0 Å². The van der Waals surface area contributed by atoms with Gasteiger partial charge in [-0.3, -0.25) is 4.79 Å². The van der Waals surface area contributed by atoms with Gasteiger partial charge < -0.3 is 10.2 Å².